The number of carbonyl (C=O) groups is 1. The largest absolute Gasteiger partial charge is 0.482 e. The van der Waals surface area contributed by atoms with Gasteiger partial charge in [0, 0.05) is 31.4 Å². The lowest BCUT2D eigenvalue weighted by atomic mass is 10.1. The summed E-state index contributed by atoms with van der Waals surface area (Å²) in [6.07, 6.45) is 1.78. The Morgan fingerprint density at radius 2 is 1.84 bits per heavy atom. The molecule has 0 saturated carbocycles. The molecule has 2 aromatic carbocycles. The summed E-state index contributed by atoms with van der Waals surface area (Å²) >= 11 is 11.8. The highest BCUT2D eigenvalue weighted by molar-refractivity contribution is 6.35. The zero-order valence-corrected chi connectivity index (χ0v) is 15.9. The molecule has 0 spiro atoms. The van der Waals surface area contributed by atoms with Crippen LogP contribution in [0.5, 0.6) is 5.75 Å². The third kappa shape index (κ3) is 6.48. The number of nitrogens with zero attached hydrogens (tertiary/aromatic N) is 1. The van der Waals surface area contributed by atoms with Crippen LogP contribution in [0.25, 0.3) is 0 Å². The summed E-state index contributed by atoms with van der Waals surface area (Å²) in [6.45, 7) is 0.533. The molecule has 0 aliphatic carbocycles. The fraction of sp³-hybridized carbons (Fsp3) is 0.316. The van der Waals surface area contributed by atoms with Crippen molar-refractivity contribution in [3.63, 3.8) is 0 Å². The third-order valence-corrected chi connectivity index (χ3v) is 4.20. The molecule has 0 bridgehead atoms. The lowest BCUT2D eigenvalue weighted by Gasteiger charge is -2.12. The van der Waals surface area contributed by atoms with E-state index in [1.807, 2.05) is 14.1 Å². The van der Waals surface area contributed by atoms with Gasteiger partial charge in [-0.05, 0) is 48.7 Å². The number of rotatable bonds is 8. The fourth-order valence-corrected chi connectivity index (χ4v) is 2.73. The van der Waals surface area contributed by atoms with Gasteiger partial charge in [-0.25, -0.2) is 0 Å². The summed E-state index contributed by atoms with van der Waals surface area (Å²) in [6, 6.07) is 13.3. The highest BCUT2D eigenvalue weighted by Gasteiger charge is 2.06. The minimum atomic E-state index is -0.172. The number of hydrogen-bond donors (Lipinski definition) is 1. The molecule has 6 heteroatoms. The topological polar surface area (TPSA) is 41.6 Å². The quantitative estimate of drug-likeness (QED) is 0.698. The Balaban J connectivity index is 1.66. The number of nitrogens with one attached hydrogen (secondary N) is 1. The maximum Gasteiger partial charge on any atom is 0.257 e. The number of carbonyl (C=O) groups excluding carboxylic acids is 1. The van der Waals surface area contributed by atoms with E-state index in [0.717, 1.165) is 12.8 Å². The number of ether oxygens (including phenoxy) is 1. The highest BCUT2D eigenvalue weighted by Crippen LogP contribution is 2.27. The molecule has 1 amide bonds. The first kappa shape index (κ1) is 19.4. The van der Waals surface area contributed by atoms with Gasteiger partial charge in [0.05, 0.1) is 5.02 Å². The number of anilines is 1. The molecule has 0 aliphatic rings. The van der Waals surface area contributed by atoms with Crippen molar-refractivity contribution in [1.82, 2.24) is 5.32 Å². The van der Waals surface area contributed by atoms with E-state index >= 15 is 0 Å². The van der Waals surface area contributed by atoms with E-state index in [1.54, 1.807) is 18.2 Å². The Morgan fingerprint density at radius 3 is 2.48 bits per heavy atom. The fourth-order valence-electron chi connectivity index (χ4n) is 2.27. The molecule has 0 unspecified atom stereocenters. The van der Waals surface area contributed by atoms with Crippen LogP contribution >= 0.6 is 23.2 Å². The Labute approximate surface area is 158 Å². The Morgan fingerprint density at radius 1 is 1.12 bits per heavy atom. The third-order valence-electron chi connectivity index (χ3n) is 3.67. The predicted molar refractivity (Wildman–Crippen MR) is 104 cm³/mol. The van der Waals surface area contributed by atoms with Crippen molar-refractivity contribution < 1.29 is 9.53 Å². The van der Waals surface area contributed by atoms with Gasteiger partial charge < -0.3 is 15.0 Å². The van der Waals surface area contributed by atoms with E-state index in [9.17, 15) is 4.79 Å². The molecule has 25 heavy (non-hydrogen) atoms. The summed E-state index contributed by atoms with van der Waals surface area (Å²) in [4.78, 5) is 13.9. The van der Waals surface area contributed by atoms with E-state index in [2.05, 4.69) is 34.5 Å². The first-order valence-electron chi connectivity index (χ1n) is 8.06. The van der Waals surface area contributed by atoms with Crippen LogP contribution < -0.4 is 15.0 Å². The van der Waals surface area contributed by atoms with Crippen molar-refractivity contribution in [3.05, 3.63) is 58.1 Å². The minimum absolute atomic E-state index is 0.0706. The Kier molecular flexibility index (Phi) is 7.41. The van der Waals surface area contributed by atoms with Crippen LogP contribution in [0.1, 0.15) is 12.0 Å². The van der Waals surface area contributed by atoms with Crippen molar-refractivity contribution in [2.75, 3.05) is 32.1 Å². The second-order valence-corrected chi connectivity index (χ2v) is 6.72. The summed E-state index contributed by atoms with van der Waals surface area (Å²) in [5.41, 5.74) is 2.43. The molecule has 0 aliphatic heterocycles. The normalized spacial score (nSPS) is 10.4. The van der Waals surface area contributed by atoms with Gasteiger partial charge in [-0.15, -0.1) is 0 Å². The monoisotopic (exact) mass is 380 g/mol. The van der Waals surface area contributed by atoms with Crippen LogP contribution in [0.4, 0.5) is 5.69 Å². The molecule has 1 N–H and O–H groups in total. The number of aryl methyl sites for hydroxylation is 1. The molecule has 0 saturated heterocycles. The molecule has 4 nitrogen and oxygen atoms in total. The average molecular weight is 381 g/mol. The summed E-state index contributed by atoms with van der Waals surface area (Å²) in [5, 5.41) is 3.76. The molecule has 0 aromatic heterocycles. The van der Waals surface area contributed by atoms with E-state index in [0.29, 0.717) is 22.3 Å². The second-order valence-electron chi connectivity index (χ2n) is 5.88. The molecule has 0 radical (unpaired) electrons. The zero-order chi connectivity index (χ0) is 18.2. The summed E-state index contributed by atoms with van der Waals surface area (Å²) in [5.74, 6) is 0.274. The molecule has 2 aromatic rings. The van der Waals surface area contributed by atoms with E-state index in [-0.39, 0.29) is 12.5 Å². The zero-order valence-electron chi connectivity index (χ0n) is 14.4. The van der Waals surface area contributed by atoms with Crippen molar-refractivity contribution in [3.8, 4) is 5.75 Å². The van der Waals surface area contributed by atoms with E-state index in [1.165, 1.54) is 11.3 Å². The van der Waals surface area contributed by atoms with Crippen LogP contribution in [0.2, 0.25) is 10.0 Å². The Hall–Kier alpha value is -1.91. The number of halogens is 2. The molecule has 134 valence electrons. The van der Waals surface area contributed by atoms with Gasteiger partial charge in [0.25, 0.3) is 5.91 Å². The molecular weight excluding hydrogens is 359 g/mol. The van der Waals surface area contributed by atoms with Crippen molar-refractivity contribution >= 4 is 34.8 Å². The van der Waals surface area contributed by atoms with Crippen LogP contribution in [0, 0.1) is 0 Å². The standard InChI is InChI=1S/C19H22Cl2N2O2/c1-23(2)16-8-5-14(6-9-16)4-3-11-22-19(24)13-25-18-10-7-15(20)12-17(18)21/h5-10,12H,3-4,11,13H2,1-2H3,(H,22,24). The lowest BCUT2D eigenvalue weighted by molar-refractivity contribution is -0.123. The molecular formula is C19H22Cl2N2O2. The van der Waals surface area contributed by atoms with Crippen LogP contribution in [-0.4, -0.2) is 33.2 Å². The number of amides is 1. The van der Waals surface area contributed by atoms with E-state index in [4.69, 9.17) is 27.9 Å². The SMILES string of the molecule is CN(C)c1ccc(CCCNC(=O)COc2ccc(Cl)cc2Cl)cc1. The van der Waals surface area contributed by atoms with Crippen LogP contribution in [0.15, 0.2) is 42.5 Å². The number of hydrogen-bond acceptors (Lipinski definition) is 3. The van der Waals surface area contributed by atoms with Gasteiger partial charge in [-0.1, -0.05) is 35.3 Å². The second kappa shape index (κ2) is 9.54. The van der Waals surface area contributed by atoms with Crippen molar-refractivity contribution in [1.29, 1.82) is 0 Å². The van der Waals surface area contributed by atoms with E-state index < -0.39 is 0 Å². The van der Waals surface area contributed by atoms with Crippen molar-refractivity contribution in [2.45, 2.75) is 12.8 Å². The van der Waals surface area contributed by atoms with Crippen molar-refractivity contribution in [2.24, 2.45) is 0 Å². The maximum absolute atomic E-state index is 11.8. The van der Waals surface area contributed by atoms with Gasteiger partial charge in [0.15, 0.2) is 6.61 Å². The maximum atomic E-state index is 11.8. The molecule has 0 fully saturated rings. The predicted octanol–water partition coefficient (Wildman–Crippen LogP) is 4.19. The van der Waals surface area contributed by atoms with Gasteiger partial charge in [0.1, 0.15) is 5.75 Å². The van der Waals surface area contributed by atoms with Gasteiger partial charge in [-0.3, -0.25) is 4.79 Å². The smallest absolute Gasteiger partial charge is 0.257 e. The van der Waals surface area contributed by atoms with Crippen LogP contribution in [0.3, 0.4) is 0 Å². The molecule has 0 heterocycles. The highest BCUT2D eigenvalue weighted by atomic mass is 35.5. The van der Waals surface area contributed by atoms with Gasteiger partial charge in [0.2, 0.25) is 0 Å². The molecule has 2 rings (SSSR count). The van der Waals surface area contributed by atoms with Crippen LogP contribution in [-0.2, 0) is 11.2 Å². The number of benzene rings is 2. The summed E-state index contributed by atoms with van der Waals surface area (Å²) in [7, 11) is 4.04. The lowest BCUT2D eigenvalue weighted by Crippen LogP contribution is -2.29. The molecule has 0 atom stereocenters. The Bertz CT molecular complexity index is 703. The van der Waals surface area contributed by atoms with Gasteiger partial charge in [-0.2, -0.15) is 0 Å². The minimum Gasteiger partial charge on any atom is -0.482 e. The first-order valence-corrected chi connectivity index (χ1v) is 8.82. The van der Waals surface area contributed by atoms with Gasteiger partial charge >= 0.3 is 0 Å². The summed E-state index contributed by atoms with van der Waals surface area (Å²) < 4.78 is 5.40. The first-order chi connectivity index (χ1) is 12.0. The average Bonchev–Trinajstić information content (AvgIpc) is 2.58.